The largest absolute Gasteiger partial charge is 0.386 e. The number of amides is 1. The Bertz CT molecular complexity index is 2760. The van der Waals surface area contributed by atoms with E-state index in [2.05, 4.69) is 30.4 Å². The Morgan fingerprint density at radius 1 is 1.03 bits per heavy atom. The summed E-state index contributed by atoms with van der Waals surface area (Å²) in [6.45, 7) is 0.112. The van der Waals surface area contributed by atoms with Crippen LogP contribution in [0, 0.1) is 34.6 Å². The fourth-order valence-electron chi connectivity index (χ4n) is 7.43. The van der Waals surface area contributed by atoms with E-state index in [1.54, 1.807) is 6.26 Å². The predicted molar refractivity (Wildman–Crippen MR) is 213 cm³/mol. The van der Waals surface area contributed by atoms with Gasteiger partial charge in [-0.15, -0.1) is 0 Å². The molecule has 318 valence electrons. The van der Waals surface area contributed by atoms with Crippen molar-refractivity contribution in [3.8, 4) is 16.9 Å². The first-order valence-corrected chi connectivity index (χ1v) is 19.8. The Morgan fingerprint density at radius 3 is 2.36 bits per heavy atom. The third-order valence-corrected chi connectivity index (χ3v) is 10.8. The Morgan fingerprint density at radius 2 is 1.72 bits per heavy atom. The normalized spacial score (nSPS) is 14.9. The van der Waals surface area contributed by atoms with Gasteiger partial charge in [-0.3, -0.25) is 24.2 Å². The number of carbonyl (C=O) groups excluding carboxylic acids is 1. The maximum Gasteiger partial charge on any atom is 0.292 e. The Hall–Kier alpha value is -6.02. The number of aromatic nitrogens is 5. The molecule has 61 heavy (non-hydrogen) atoms. The zero-order valence-electron chi connectivity index (χ0n) is 32.0. The molecule has 6 aromatic rings. The van der Waals surface area contributed by atoms with E-state index in [0.717, 1.165) is 46.8 Å². The van der Waals surface area contributed by atoms with E-state index >= 15 is 8.78 Å². The number of hydrogen-bond acceptors (Lipinski definition) is 8. The zero-order valence-corrected chi connectivity index (χ0v) is 33.6. The van der Waals surface area contributed by atoms with Gasteiger partial charge >= 0.3 is 0 Å². The second kappa shape index (κ2) is 16.8. The number of anilines is 1. The summed E-state index contributed by atoms with van der Waals surface area (Å²) in [7, 11) is 1.46. The highest BCUT2D eigenvalue weighted by atomic mass is 35.5. The van der Waals surface area contributed by atoms with Crippen molar-refractivity contribution in [3.05, 3.63) is 133 Å². The highest BCUT2D eigenvalue weighted by Gasteiger charge is 2.51. The Balaban J connectivity index is 1.47. The average molecular weight is 890 g/mol. The topological polar surface area (TPSA) is 143 Å². The van der Waals surface area contributed by atoms with Crippen molar-refractivity contribution in [1.29, 1.82) is 5.41 Å². The molecule has 3 aromatic carbocycles. The van der Waals surface area contributed by atoms with Gasteiger partial charge in [0.2, 0.25) is 5.91 Å². The molecular weight excluding hydrogens is 858 g/mol. The van der Waals surface area contributed by atoms with Crippen LogP contribution in [0.1, 0.15) is 53.3 Å². The third-order valence-electron chi connectivity index (χ3n) is 10.1. The monoisotopic (exact) mass is 889 g/mol. The number of halogens is 9. The van der Waals surface area contributed by atoms with Crippen molar-refractivity contribution in [2.45, 2.75) is 44.7 Å². The number of carbonyl (C=O) groups is 1. The molecule has 0 radical (unpaired) electrons. The van der Waals surface area contributed by atoms with Gasteiger partial charge in [-0.2, -0.15) is 13.9 Å². The smallest absolute Gasteiger partial charge is 0.292 e. The van der Waals surface area contributed by atoms with Crippen molar-refractivity contribution in [2.75, 3.05) is 18.6 Å². The summed E-state index contributed by atoms with van der Waals surface area (Å²) < 4.78 is 123. The van der Waals surface area contributed by atoms with Gasteiger partial charge in [0.1, 0.15) is 52.9 Å². The van der Waals surface area contributed by atoms with E-state index in [1.165, 1.54) is 38.2 Å². The summed E-state index contributed by atoms with van der Waals surface area (Å²) in [6, 6.07) is 9.04. The van der Waals surface area contributed by atoms with E-state index in [9.17, 15) is 35.9 Å². The molecule has 0 aliphatic heterocycles. The van der Waals surface area contributed by atoms with Crippen molar-refractivity contribution >= 4 is 52.0 Å². The summed E-state index contributed by atoms with van der Waals surface area (Å²) in [4.78, 5) is 37.8. The van der Waals surface area contributed by atoms with Crippen molar-refractivity contribution in [3.63, 3.8) is 0 Å². The van der Waals surface area contributed by atoms with Gasteiger partial charge in [0, 0.05) is 37.3 Å². The quantitative estimate of drug-likeness (QED) is 0.0416. The molecule has 21 heteroatoms. The maximum absolute atomic E-state index is 15.4. The summed E-state index contributed by atoms with van der Waals surface area (Å²) in [5, 5.41) is 17.7. The number of hydrogen-bond donors (Lipinski definition) is 4. The molecule has 3 heterocycles. The minimum atomic E-state index is -3.65. The average Bonchev–Trinajstić information content (AvgIpc) is 3.66. The summed E-state index contributed by atoms with van der Waals surface area (Å²) in [5.74, 6) is -10.8. The highest BCUT2D eigenvalue weighted by molar-refractivity contribution is 7.97. The highest BCUT2D eigenvalue weighted by Crippen LogP contribution is 2.48. The number of rotatable bonds is 12. The fourth-order valence-corrected chi connectivity index (χ4v) is 7.99. The lowest BCUT2D eigenvalue weighted by atomic mass is 10.0. The van der Waals surface area contributed by atoms with E-state index in [0.29, 0.717) is 10.7 Å². The van der Waals surface area contributed by atoms with Gasteiger partial charge in [0.05, 0.1) is 44.6 Å². The van der Waals surface area contributed by atoms with Crippen LogP contribution in [0.2, 0.25) is 5.02 Å². The van der Waals surface area contributed by atoms with Crippen LogP contribution >= 0.6 is 23.5 Å². The third kappa shape index (κ3) is 8.01. The molecule has 7 rings (SSSR count). The summed E-state index contributed by atoms with van der Waals surface area (Å²) >= 11 is 7.63. The van der Waals surface area contributed by atoms with Gasteiger partial charge in [-0.25, -0.2) is 36.3 Å². The molecule has 1 amide bonds. The van der Waals surface area contributed by atoms with Gasteiger partial charge in [-0.1, -0.05) is 36.5 Å². The van der Waals surface area contributed by atoms with Crippen LogP contribution in [0.15, 0.2) is 65.5 Å². The number of nitrogens with zero attached hydrogens (tertiary/aromatic N) is 5. The summed E-state index contributed by atoms with van der Waals surface area (Å²) in [6.07, 6.45) is -2.59. The van der Waals surface area contributed by atoms with Crippen LogP contribution < -0.4 is 20.9 Å². The molecule has 1 aliphatic carbocycles. The Labute approximate surface area is 350 Å². The molecule has 1 aliphatic rings. The maximum atomic E-state index is 15.4. The number of pyridine rings is 1. The second-order valence-electron chi connectivity index (χ2n) is 14.0. The van der Waals surface area contributed by atoms with Gasteiger partial charge in [0.25, 0.3) is 17.9 Å². The van der Waals surface area contributed by atoms with E-state index in [1.807, 2.05) is 0 Å². The van der Waals surface area contributed by atoms with E-state index < -0.39 is 112 Å². The van der Waals surface area contributed by atoms with Crippen LogP contribution in [-0.4, -0.2) is 49.4 Å². The van der Waals surface area contributed by atoms with Crippen LogP contribution in [0.4, 0.5) is 40.8 Å². The molecule has 3 aromatic heterocycles. The van der Waals surface area contributed by atoms with E-state index in [4.69, 9.17) is 17.0 Å². The van der Waals surface area contributed by atoms with E-state index in [-0.39, 0.29) is 44.4 Å². The number of fused-ring (bicyclic) bond motifs is 2. The SMILES string of the molecule is CNc1c(-n2c(C(Cc3cc(F)cc(F)c3)NC(=O)Cn3nc(C(F)F)c4c3C(F)(F)C(C)C4)nc3nc(-c4c(F)cccc4F)ccc3c2=O)ccc(Cl)c1C(=N)NSC. The second-order valence-corrected chi connectivity index (χ2v) is 15.0. The van der Waals surface area contributed by atoms with Gasteiger partial charge in [-0.05, 0) is 60.5 Å². The lowest BCUT2D eigenvalue weighted by Gasteiger charge is -2.25. The molecule has 0 bridgehead atoms. The minimum Gasteiger partial charge on any atom is -0.386 e. The zero-order chi connectivity index (χ0) is 44.1. The molecule has 11 nitrogen and oxygen atoms in total. The van der Waals surface area contributed by atoms with Crippen molar-refractivity contribution in [2.24, 2.45) is 5.92 Å². The first-order valence-electron chi connectivity index (χ1n) is 18.2. The lowest BCUT2D eigenvalue weighted by Crippen LogP contribution is -2.38. The molecular formula is C40H32ClF8N9O2S. The summed E-state index contributed by atoms with van der Waals surface area (Å²) in [5.41, 5.74) is -4.32. The van der Waals surface area contributed by atoms with Crippen LogP contribution in [0.25, 0.3) is 28.0 Å². The van der Waals surface area contributed by atoms with Gasteiger partial charge < -0.3 is 15.4 Å². The molecule has 4 N–H and O–H groups in total. The van der Waals surface area contributed by atoms with Crippen LogP contribution in [0.5, 0.6) is 0 Å². The van der Waals surface area contributed by atoms with Crippen LogP contribution in [-0.2, 0) is 30.1 Å². The van der Waals surface area contributed by atoms with Crippen LogP contribution in [0.3, 0.4) is 0 Å². The minimum absolute atomic E-state index is 0.0297. The standard InChI is InChI=1S/C40H32ClF8N9O2S/c1-17-11-22-32(35(46)47)55-57(34(22)40(17,48)49)16-29(59)52-27(14-18-12-19(42)15-20(43)13-18)38-54-37-21(7-9-26(53-37)31-24(44)5-4-6-25(31)45)39(60)58(38)28-10-8-23(41)30(33(28)51-2)36(50)56-61-3/h4-10,12-13,15,17,27,35,51H,11,14,16H2,1-3H3,(H2,50,56)(H,52,59). The fraction of sp³-hybridized carbons (Fsp3) is 0.250. The number of benzene rings is 3. The molecule has 0 saturated carbocycles. The molecule has 0 fully saturated rings. The lowest BCUT2D eigenvalue weighted by molar-refractivity contribution is -0.123. The Kier molecular flexibility index (Phi) is 11.9. The molecule has 0 saturated heterocycles. The number of alkyl halides is 4. The van der Waals surface area contributed by atoms with Crippen molar-refractivity contribution < 1.29 is 39.9 Å². The number of amidine groups is 1. The molecule has 2 unspecified atom stereocenters. The predicted octanol–water partition coefficient (Wildman–Crippen LogP) is 8.41. The van der Waals surface area contributed by atoms with Crippen molar-refractivity contribution in [1.82, 2.24) is 34.4 Å². The van der Waals surface area contributed by atoms with Gasteiger partial charge in [0.15, 0.2) is 5.65 Å². The first-order chi connectivity index (χ1) is 28.9. The first kappa shape index (κ1) is 43.1. The molecule has 0 spiro atoms. The molecule has 2 atom stereocenters. The number of nitrogens with one attached hydrogen (secondary N) is 4.